The van der Waals surface area contributed by atoms with Crippen LogP contribution in [0.5, 0.6) is 11.5 Å². The Balaban J connectivity index is 2.04. The molecule has 1 saturated heterocycles. The van der Waals surface area contributed by atoms with Crippen molar-refractivity contribution < 1.29 is 14.2 Å². The van der Waals surface area contributed by atoms with Crippen molar-refractivity contribution in [1.29, 1.82) is 5.41 Å². The lowest BCUT2D eigenvalue weighted by Crippen LogP contribution is -2.17. The molecule has 0 spiro atoms. The highest BCUT2D eigenvalue weighted by atomic mass is 16.5. The van der Waals surface area contributed by atoms with E-state index in [4.69, 9.17) is 25.4 Å². The maximum Gasteiger partial charge on any atom is 0.161 e. The molecule has 3 N–H and O–H groups in total. The lowest BCUT2D eigenvalue weighted by molar-refractivity contribution is 0.0670. The third-order valence-corrected chi connectivity index (χ3v) is 2.92. The van der Waals surface area contributed by atoms with Gasteiger partial charge in [0.05, 0.1) is 13.2 Å². The first kappa shape index (κ1) is 12.7. The van der Waals surface area contributed by atoms with Gasteiger partial charge in [-0.3, -0.25) is 5.41 Å². The summed E-state index contributed by atoms with van der Waals surface area (Å²) < 4.78 is 16.4. The van der Waals surface area contributed by atoms with Gasteiger partial charge in [0.15, 0.2) is 11.5 Å². The van der Waals surface area contributed by atoms with Crippen LogP contribution < -0.4 is 15.2 Å². The number of methoxy groups -OCH3 is 1. The number of amidine groups is 1. The van der Waals surface area contributed by atoms with Crippen LogP contribution in [-0.4, -0.2) is 32.3 Å². The molecule has 1 aromatic carbocycles. The number of hydrogen-bond acceptors (Lipinski definition) is 4. The second-order valence-corrected chi connectivity index (χ2v) is 4.23. The van der Waals surface area contributed by atoms with Gasteiger partial charge in [0.1, 0.15) is 12.4 Å². The molecular weight excluding hydrogens is 232 g/mol. The van der Waals surface area contributed by atoms with Gasteiger partial charge in [-0.05, 0) is 31.0 Å². The van der Waals surface area contributed by atoms with Crippen LogP contribution in [0.1, 0.15) is 18.4 Å². The van der Waals surface area contributed by atoms with Gasteiger partial charge >= 0.3 is 0 Å². The first-order chi connectivity index (χ1) is 8.70. The average molecular weight is 250 g/mol. The molecule has 2 rings (SSSR count). The zero-order valence-corrected chi connectivity index (χ0v) is 10.4. The number of rotatable bonds is 5. The van der Waals surface area contributed by atoms with Crippen molar-refractivity contribution in [3.8, 4) is 11.5 Å². The van der Waals surface area contributed by atoms with Crippen molar-refractivity contribution >= 4 is 5.84 Å². The summed E-state index contributed by atoms with van der Waals surface area (Å²) in [5, 5.41) is 7.38. The van der Waals surface area contributed by atoms with Crippen LogP contribution in [-0.2, 0) is 4.74 Å². The Labute approximate surface area is 106 Å². The summed E-state index contributed by atoms with van der Waals surface area (Å²) in [7, 11) is 1.57. The Morgan fingerprint density at radius 2 is 2.33 bits per heavy atom. The molecule has 1 fully saturated rings. The zero-order valence-electron chi connectivity index (χ0n) is 10.4. The predicted octanol–water partition coefficient (Wildman–Crippen LogP) is 1.54. The maximum atomic E-state index is 7.38. The van der Waals surface area contributed by atoms with E-state index >= 15 is 0 Å². The smallest absolute Gasteiger partial charge is 0.161 e. The topological polar surface area (TPSA) is 77.6 Å². The highest BCUT2D eigenvalue weighted by Gasteiger charge is 2.17. The Kier molecular flexibility index (Phi) is 4.04. The molecule has 5 nitrogen and oxygen atoms in total. The Bertz CT molecular complexity index is 428. The summed E-state index contributed by atoms with van der Waals surface area (Å²) >= 11 is 0. The van der Waals surface area contributed by atoms with Gasteiger partial charge in [-0.2, -0.15) is 0 Å². The molecule has 0 aromatic heterocycles. The monoisotopic (exact) mass is 250 g/mol. The largest absolute Gasteiger partial charge is 0.493 e. The van der Waals surface area contributed by atoms with E-state index in [2.05, 4.69) is 0 Å². The zero-order chi connectivity index (χ0) is 13.0. The van der Waals surface area contributed by atoms with Gasteiger partial charge in [0, 0.05) is 12.2 Å². The van der Waals surface area contributed by atoms with Crippen LogP contribution in [0.25, 0.3) is 0 Å². The highest BCUT2D eigenvalue weighted by Crippen LogP contribution is 2.28. The van der Waals surface area contributed by atoms with E-state index in [9.17, 15) is 0 Å². The van der Waals surface area contributed by atoms with Crippen molar-refractivity contribution in [2.75, 3.05) is 20.3 Å². The minimum absolute atomic E-state index is 0.0129. The Morgan fingerprint density at radius 1 is 1.50 bits per heavy atom. The molecule has 1 atom stereocenters. The summed E-state index contributed by atoms with van der Waals surface area (Å²) in [4.78, 5) is 0. The molecule has 5 heteroatoms. The molecule has 0 amide bonds. The van der Waals surface area contributed by atoms with E-state index < -0.39 is 0 Å². The Hall–Kier alpha value is -1.75. The van der Waals surface area contributed by atoms with Crippen LogP contribution >= 0.6 is 0 Å². The third kappa shape index (κ3) is 2.92. The van der Waals surface area contributed by atoms with Gasteiger partial charge in [-0.1, -0.05) is 0 Å². The molecule has 1 aliphatic rings. The van der Waals surface area contributed by atoms with E-state index in [-0.39, 0.29) is 11.9 Å². The van der Waals surface area contributed by atoms with Crippen LogP contribution in [0, 0.1) is 5.41 Å². The molecule has 1 aliphatic heterocycles. The number of nitrogens with two attached hydrogens (primary N) is 1. The van der Waals surface area contributed by atoms with Gasteiger partial charge in [0.25, 0.3) is 0 Å². The van der Waals surface area contributed by atoms with Crippen molar-refractivity contribution in [2.24, 2.45) is 5.73 Å². The molecule has 1 heterocycles. The first-order valence-corrected chi connectivity index (χ1v) is 5.97. The van der Waals surface area contributed by atoms with Crippen LogP contribution in [0.15, 0.2) is 18.2 Å². The van der Waals surface area contributed by atoms with Crippen molar-refractivity contribution in [3.05, 3.63) is 23.8 Å². The van der Waals surface area contributed by atoms with E-state index in [1.807, 2.05) is 0 Å². The van der Waals surface area contributed by atoms with E-state index in [1.54, 1.807) is 25.3 Å². The van der Waals surface area contributed by atoms with E-state index in [0.29, 0.717) is 23.7 Å². The van der Waals surface area contributed by atoms with E-state index in [1.165, 1.54) is 0 Å². The predicted molar refractivity (Wildman–Crippen MR) is 68.5 cm³/mol. The fourth-order valence-electron chi connectivity index (χ4n) is 1.91. The average Bonchev–Trinajstić information content (AvgIpc) is 2.89. The molecule has 1 unspecified atom stereocenters. The van der Waals surface area contributed by atoms with Gasteiger partial charge in [0.2, 0.25) is 0 Å². The second-order valence-electron chi connectivity index (χ2n) is 4.23. The first-order valence-electron chi connectivity index (χ1n) is 5.97. The number of ether oxygens (including phenoxy) is 3. The SMILES string of the molecule is COc1cc(C(=N)N)ccc1OCC1CCCO1. The molecule has 1 aromatic rings. The van der Waals surface area contributed by atoms with Crippen LogP contribution in [0.2, 0.25) is 0 Å². The lowest BCUT2D eigenvalue weighted by Gasteiger charge is -2.14. The van der Waals surface area contributed by atoms with Crippen LogP contribution in [0.4, 0.5) is 0 Å². The molecule has 0 radical (unpaired) electrons. The molecule has 0 aliphatic carbocycles. The van der Waals surface area contributed by atoms with Crippen molar-refractivity contribution in [2.45, 2.75) is 18.9 Å². The summed E-state index contributed by atoms with van der Waals surface area (Å²) in [6.45, 7) is 1.34. The summed E-state index contributed by atoms with van der Waals surface area (Å²) in [6, 6.07) is 5.22. The molecular formula is C13H18N2O3. The Morgan fingerprint density at radius 3 is 2.94 bits per heavy atom. The summed E-state index contributed by atoms with van der Waals surface area (Å²) in [5.41, 5.74) is 6.05. The highest BCUT2D eigenvalue weighted by molar-refractivity contribution is 5.95. The molecule has 98 valence electrons. The van der Waals surface area contributed by atoms with Crippen molar-refractivity contribution in [3.63, 3.8) is 0 Å². The summed E-state index contributed by atoms with van der Waals surface area (Å²) in [6.07, 6.45) is 2.30. The van der Waals surface area contributed by atoms with Gasteiger partial charge in [-0.25, -0.2) is 0 Å². The normalized spacial score (nSPS) is 18.6. The van der Waals surface area contributed by atoms with Crippen molar-refractivity contribution in [1.82, 2.24) is 0 Å². The third-order valence-electron chi connectivity index (χ3n) is 2.92. The number of hydrogen-bond donors (Lipinski definition) is 2. The minimum atomic E-state index is 0.0129. The second kappa shape index (κ2) is 5.73. The number of benzene rings is 1. The molecule has 18 heavy (non-hydrogen) atoms. The number of nitrogens with one attached hydrogen (secondary N) is 1. The molecule has 0 bridgehead atoms. The quantitative estimate of drug-likeness (QED) is 0.613. The fourth-order valence-corrected chi connectivity index (χ4v) is 1.91. The maximum absolute atomic E-state index is 7.38. The van der Waals surface area contributed by atoms with Gasteiger partial charge < -0.3 is 19.9 Å². The van der Waals surface area contributed by atoms with Gasteiger partial charge in [-0.15, -0.1) is 0 Å². The standard InChI is InChI=1S/C13H18N2O3/c1-16-12-7-9(13(14)15)4-5-11(12)18-8-10-3-2-6-17-10/h4-5,7,10H,2-3,6,8H2,1H3,(H3,14,15). The fraction of sp³-hybridized carbons (Fsp3) is 0.462. The summed E-state index contributed by atoms with van der Waals surface area (Å²) in [5.74, 6) is 1.25. The minimum Gasteiger partial charge on any atom is -0.493 e. The van der Waals surface area contributed by atoms with Crippen LogP contribution in [0.3, 0.4) is 0 Å². The lowest BCUT2D eigenvalue weighted by atomic mass is 10.2. The molecule has 0 saturated carbocycles. The number of nitrogen functional groups attached to an aromatic ring is 1. The van der Waals surface area contributed by atoms with E-state index in [0.717, 1.165) is 19.4 Å².